The number of carbonyl (C=O) groups is 4. The molecule has 0 radical (unpaired) electrons. The Kier molecular flexibility index (Phi) is 12.7. The fourth-order valence-corrected chi connectivity index (χ4v) is 5.28. The van der Waals surface area contributed by atoms with Gasteiger partial charge in [0.15, 0.2) is 0 Å². The summed E-state index contributed by atoms with van der Waals surface area (Å²) in [4.78, 5) is 49.8. The Morgan fingerprint density at radius 3 is 1.68 bits per heavy atom. The van der Waals surface area contributed by atoms with Gasteiger partial charge in [-0.25, -0.2) is 19.2 Å². The molecule has 0 bridgehead atoms. The van der Waals surface area contributed by atoms with Gasteiger partial charge in [0.2, 0.25) is 12.2 Å². The Labute approximate surface area is 276 Å². The molecule has 1 aliphatic rings. The predicted molar refractivity (Wildman–Crippen MR) is 177 cm³/mol. The lowest BCUT2D eigenvalue weighted by Crippen LogP contribution is -2.45. The highest BCUT2D eigenvalue weighted by molar-refractivity contribution is 5.95. The second-order valence-electron chi connectivity index (χ2n) is 12.6. The van der Waals surface area contributed by atoms with E-state index in [0.717, 1.165) is 16.9 Å². The van der Waals surface area contributed by atoms with Crippen molar-refractivity contribution in [3.63, 3.8) is 0 Å². The van der Waals surface area contributed by atoms with E-state index in [4.69, 9.17) is 14.2 Å². The third kappa shape index (κ3) is 10.1. The molecule has 1 saturated heterocycles. The van der Waals surface area contributed by atoms with E-state index >= 15 is 0 Å². The topological polar surface area (TPSA) is 140 Å². The highest BCUT2D eigenvalue weighted by Crippen LogP contribution is 2.40. The fourth-order valence-electron chi connectivity index (χ4n) is 5.28. The number of aryl methyl sites for hydroxylation is 2. The van der Waals surface area contributed by atoms with Crippen molar-refractivity contribution in [2.75, 3.05) is 20.1 Å². The third-order valence-corrected chi connectivity index (χ3v) is 8.36. The first-order valence-corrected chi connectivity index (χ1v) is 15.6. The average Bonchev–Trinajstić information content (AvgIpc) is 3.01. The first kappa shape index (κ1) is 36.8. The van der Waals surface area contributed by atoms with Crippen molar-refractivity contribution >= 4 is 23.9 Å². The molecule has 3 aromatic carbocycles. The molecule has 2 N–H and O–H groups in total. The largest absolute Gasteiger partial charge is 0.491 e. The lowest BCUT2D eigenvalue weighted by Gasteiger charge is -2.44. The van der Waals surface area contributed by atoms with Gasteiger partial charge in [-0.15, -0.1) is 0 Å². The van der Waals surface area contributed by atoms with E-state index in [1.807, 2.05) is 0 Å². The van der Waals surface area contributed by atoms with Gasteiger partial charge >= 0.3 is 23.9 Å². The summed E-state index contributed by atoms with van der Waals surface area (Å²) >= 11 is 0. The second kappa shape index (κ2) is 16.2. The number of benzene rings is 3. The minimum absolute atomic E-state index is 0.0332. The number of likely N-dealkylation sites (tertiary alicyclic amines) is 1. The number of piperidine rings is 1. The molecule has 10 heteroatoms. The Hall–Kier alpha value is -4.70. The van der Waals surface area contributed by atoms with Crippen molar-refractivity contribution < 1.29 is 43.6 Å². The van der Waals surface area contributed by atoms with Gasteiger partial charge in [0, 0.05) is 6.54 Å². The number of aliphatic carboxylic acids is 2. The molecule has 1 aliphatic heterocycles. The standard InChI is InChI=1S/C20H18O8.C17H27NO/c1-11-3-7-13(8-4-11)19(25)27-15(17(21)22)16(18(23)24)28-20(26)14-9-5-12(2)6-10-14;1-13(2)19-16-8-6-7-15(11-16)17(4)9-10-18(5)12-14(17)3/h3-10,15-16H,1-2H3,(H,21,22)(H,23,24);6-8,11,13-14H,9-10,12H2,1-5H3/t;14-,17+/m.1/s1. The van der Waals surface area contributed by atoms with E-state index in [-0.39, 0.29) is 22.6 Å². The number of nitrogens with zero attached hydrogens (tertiary/aromatic N) is 1. The van der Waals surface area contributed by atoms with E-state index < -0.39 is 36.1 Å². The van der Waals surface area contributed by atoms with Gasteiger partial charge in [-0.05, 0) is 101 Å². The first-order chi connectivity index (χ1) is 22.1. The summed E-state index contributed by atoms with van der Waals surface area (Å²) in [7, 11) is 2.22. The molecule has 4 rings (SSSR count). The smallest absolute Gasteiger partial charge is 0.349 e. The van der Waals surface area contributed by atoms with E-state index in [2.05, 4.69) is 63.9 Å². The number of carboxylic acid groups (broad SMARTS) is 2. The van der Waals surface area contributed by atoms with E-state index in [1.54, 1.807) is 38.1 Å². The summed E-state index contributed by atoms with van der Waals surface area (Å²) in [5.74, 6) is -3.95. The molecule has 4 atom stereocenters. The van der Waals surface area contributed by atoms with Gasteiger partial charge in [0.1, 0.15) is 5.75 Å². The van der Waals surface area contributed by atoms with Crippen LogP contribution in [-0.4, -0.2) is 77.4 Å². The van der Waals surface area contributed by atoms with Crippen LogP contribution in [0.4, 0.5) is 0 Å². The quantitative estimate of drug-likeness (QED) is 0.255. The summed E-state index contributed by atoms with van der Waals surface area (Å²) < 4.78 is 15.5. The number of hydrogen-bond acceptors (Lipinski definition) is 8. The normalized spacial score (nSPS) is 19.0. The Morgan fingerprint density at radius 1 is 0.809 bits per heavy atom. The van der Waals surface area contributed by atoms with Gasteiger partial charge in [-0.3, -0.25) is 0 Å². The molecule has 47 heavy (non-hydrogen) atoms. The number of esters is 2. The fraction of sp³-hybridized carbons (Fsp3) is 0.405. The van der Waals surface area contributed by atoms with Gasteiger partial charge in [0.05, 0.1) is 17.2 Å². The van der Waals surface area contributed by atoms with Gasteiger partial charge in [-0.2, -0.15) is 0 Å². The monoisotopic (exact) mass is 647 g/mol. The van der Waals surface area contributed by atoms with Crippen LogP contribution < -0.4 is 4.74 Å². The number of ether oxygens (including phenoxy) is 3. The summed E-state index contributed by atoms with van der Waals surface area (Å²) in [5, 5.41) is 18.6. The zero-order valence-corrected chi connectivity index (χ0v) is 28.1. The van der Waals surface area contributed by atoms with Crippen LogP contribution in [0.3, 0.4) is 0 Å². The summed E-state index contributed by atoms with van der Waals surface area (Å²) in [6.45, 7) is 14.9. The minimum atomic E-state index is -2.22. The van der Waals surface area contributed by atoms with Crippen LogP contribution in [-0.2, 0) is 24.5 Å². The molecular formula is C37H45NO9. The maximum atomic E-state index is 12.2. The van der Waals surface area contributed by atoms with E-state index in [1.165, 1.54) is 49.3 Å². The number of carboxylic acids is 2. The molecular weight excluding hydrogens is 602 g/mol. The van der Waals surface area contributed by atoms with Crippen LogP contribution in [0.2, 0.25) is 0 Å². The molecule has 0 aliphatic carbocycles. The summed E-state index contributed by atoms with van der Waals surface area (Å²) in [6.07, 6.45) is -2.99. The molecule has 0 saturated carbocycles. The molecule has 252 valence electrons. The Morgan fingerprint density at radius 2 is 1.28 bits per heavy atom. The van der Waals surface area contributed by atoms with Crippen LogP contribution in [0.15, 0.2) is 72.8 Å². The van der Waals surface area contributed by atoms with Crippen molar-refractivity contribution in [2.45, 2.75) is 71.7 Å². The molecule has 10 nitrogen and oxygen atoms in total. The molecule has 0 spiro atoms. The van der Waals surface area contributed by atoms with Crippen LogP contribution in [0.5, 0.6) is 5.75 Å². The van der Waals surface area contributed by atoms with E-state index in [0.29, 0.717) is 5.92 Å². The van der Waals surface area contributed by atoms with Gasteiger partial charge in [0.25, 0.3) is 0 Å². The molecule has 0 aromatic heterocycles. The number of hydrogen-bond donors (Lipinski definition) is 2. The first-order valence-electron chi connectivity index (χ1n) is 15.6. The molecule has 1 fully saturated rings. The highest BCUT2D eigenvalue weighted by atomic mass is 16.6. The molecule has 2 unspecified atom stereocenters. The van der Waals surface area contributed by atoms with Crippen LogP contribution in [0, 0.1) is 19.8 Å². The maximum Gasteiger partial charge on any atom is 0.349 e. The SMILES string of the molecule is CC(C)Oc1cccc([C@@]2(C)CCN(C)C[C@H]2C)c1.Cc1ccc(C(=O)OC(C(=O)O)C(OC(=O)c2ccc(C)cc2)C(=O)O)cc1. The summed E-state index contributed by atoms with van der Waals surface area (Å²) in [6, 6.07) is 20.8. The van der Waals surface area contributed by atoms with Crippen LogP contribution in [0.25, 0.3) is 0 Å². The zero-order valence-electron chi connectivity index (χ0n) is 28.1. The summed E-state index contributed by atoms with van der Waals surface area (Å²) in [5.41, 5.74) is 3.48. The zero-order chi connectivity index (χ0) is 34.9. The van der Waals surface area contributed by atoms with Crippen molar-refractivity contribution in [2.24, 2.45) is 5.92 Å². The predicted octanol–water partition coefficient (Wildman–Crippen LogP) is 5.93. The lowest BCUT2D eigenvalue weighted by molar-refractivity contribution is -0.166. The Balaban J connectivity index is 0.000000274. The molecule has 1 heterocycles. The highest BCUT2D eigenvalue weighted by Gasteiger charge is 2.41. The number of carbonyl (C=O) groups excluding carboxylic acids is 2. The Bertz CT molecular complexity index is 1460. The van der Waals surface area contributed by atoms with Crippen LogP contribution >= 0.6 is 0 Å². The second-order valence-corrected chi connectivity index (χ2v) is 12.6. The molecule has 3 aromatic rings. The molecule has 0 amide bonds. The van der Waals surface area contributed by atoms with Crippen molar-refractivity contribution in [1.82, 2.24) is 4.90 Å². The van der Waals surface area contributed by atoms with Crippen molar-refractivity contribution in [3.8, 4) is 5.75 Å². The third-order valence-electron chi connectivity index (χ3n) is 8.36. The average molecular weight is 648 g/mol. The van der Waals surface area contributed by atoms with Crippen LogP contribution in [0.1, 0.15) is 71.5 Å². The lowest BCUT2D eigenvalue weighted by atomic mass is 9.68. The van der Waals surface area contributed by atoms with Gasteiger partial charge in [-0.1, -0.05) is 61.4 Å². The van der Waals surface area contributed by atoms with Crippen molar-refractivity contribution in [1.29, 1.82) is 0 Å². The van der Waals surface area contributed by atoms with E-state index in [9.17, 15) is 29.4 Å². The minimum Gasteiger partial charge on any atom is -0.491 e. The van der Waals surface area contributed by atoms with Gasteiger partial charge < -0.3 is 29.3 Å². The van der Waals surface area contributed by atoms with Crippen molar-refractivity contribution in [3.05, 3.63) is 101 Å². The maximum absolute atomic E-state index is 12.2. The number of rotatable bonds is 10.